The number of aromatic nitrogens is 2. The van der Waals surface area contributed by atoms with Crippen LogP contribution in [0.15, 0.2) is 59.2 Å². The number of alkyl halides is 6. The number of nitrogens with zero attached hydrogens (tertiary/aromatic N) is 2. The average Bonchev–Trinajstić information content (AvgIpc) is 2.98. The molecule has 1 heterocycles. The van der Waals surface area contributed by atoms with Crippen molar-refractivity contribution in [3.63, 3.8) is 0 Å². The Bertz CT molecular complexity index is 995. The number of carbonyl (C=O) groups excluding carboxylic acids is 1. The van der Waals surface area contributed by atoms with Gasteiger partial charge < -0.3 is 5.32 Å². The van der Waals surface area contributed by atoms with Crippen molar-refractivity contribution in [2.75, 3.05) is 5.32 Å². The quantitative estimate of drug-likeness (QED) is 0.442. The molecule has 0 saturated carbocycles. The molecule has 0 aliphatic carbocycles. The Balaban J connectivity index is 1.99. The van der Waals surface area contributed by atoms with Crippen LogP contribution in [0, 0.1) is 0 Å². The second-order valence-electron chi connectivity index (χ2n) is 6.64. The molecule has 0 unspecified atom stereocenters. The number of amides is 1. The fraction of sp³-hybridized carbons (Fsp3) is 0.200. The second kappa shape index (κ2) is 8.37. The number of rotatable bonds is 4. The lowest BCUT2D eigenvalue weighted by Crippen LogP contribution is -2.23. The van der Waals surface area contributed by atoms with Gasteiger partial charge in [-0.2, -0.15) is 31.4 Å². The number of nitrogens with one attached hydrogen (secondary N) is 1. The highest BCUT2D eigenvalue weighted by Gasteiger charge is 2.33. The van der Waals surface area contributed by atoms with Crippen LogP contribution in [0.5, 0.6) is 0 Å². The number of hydrogen-bond acceptors (Lipinski definition) is 2. The SMILES string of the molecule is Cn1nc(NC(=O)C(c2ccc(C(F)(F)F)cc2)c2ccc(C(F)(F)F)cc2)cc1Br. The topological polar surface area (TPSA) is 46.9 Å². The molecule has 0 bridgehead atoms. The molecule has 2 aromatic carbocycles. The van der Waals surface area contributed by atoms with Gasteiger partial charge in [0, 0.05) is 13.1 Å². The van der Waals surface area contributed by atoms with Gasteiger partial charge in [0.25, 0.3) is 0 Å². The highest BCUT2D eigenvalue weighted by Crippen LogP contribution is 2.34. The predicted molar refractivity (Wildman–Crippen MR) is 104 cm³/mol. The summed E-state index contributed by atoms with van der Waals surface area (Å²) in [5.41, 5.74) is -1.45. The first-order valence-corrected chi connectivity index (χ1v) is 9.50. The standard InChI is InChI=1S/C20H14BrF6N3O/c1-30-15(21)10-16(29-30)28-18(31)17(11-2-6-13(7-3-11)19(22,23)24)12-4-8-14(9-5-12)20(25,26)27/h2-10,17H,1H3,(H,28,29,31). The molecule has 0 spiro atoms. The Morgan fingerprint density at radius 1 is 0.903 bits per heavy atom. The maximum atomic E-state index is 13.0. The van der Waals surface area contributed by atoms with Crippen LogP contribution in [0.25, 0.3) is 0 Å². The zero-order valence-corrected chi connectivity index (χ0v) is 17.3. The fourth-order valence-electron chi connectivity index (χ4n) is 2.93. The van der Waals surface area contributed by atoms with Crippen LogP contribution in [0.4, 0.5) is 32.2 Å². The molecule has 3 aromatic rings. The molecule has 164 valence electrons. The van der Waals surface area contributed by atoms with Gasteiger partial charge in [-0.15, -0.1) is 0 Å². The van der Waals surface area contributed by atoms with Crippen LogP contribution in [0.1, 0.15) is 28.2 Å². The number of benzene rings is 2. The minimum absolute atomic E-state index is 0.170. The molecule has 0 aliphatic heterocycles. The lowest BCUT2D eigenvalue weighted by atomic mass is 9.89. The van der Waals surface area contributed by atoms with Crippen molar-refractivity contribution in [3.8, 4) is 0 Å². The van der Waals surface area contributed by atoms with E-state index in [-0.39, 0.29) is 16.9 Å². The second-order valence-corrected chi connectivity index (χ2v) is 7.45. The van der Waals surface area contributed by atoms with Gasteiger partial charge >= 0.3 is 12.4 Å². The van der Waals surface area contributed by atoms with Crippen molar-refractivity contribution in [2.45, 2.75) is 18.3 Å². The van der Waals surface area contributed by atoms with Gasteiger partial charge in [0.15, 0.2) is 5.82 Å². The maximum Gasteiger partial charge on any atom is 0.416 e. The smallest absolute Gasteiger partial charge is 0.308 e. The zero-order valence-electron chi connectivity index (χ0n) is 15.7. The van der Waals surface area contributed by atoms with E-state index in [0.717, 1.165) is 48.5 Å². The third-order valence-corrected chi connectivity index (χ3v) is 5.22. The molecule has 4 nitrogen and oxygen atoms in total. The van der Waals surface area contributed by atoms with Gasteiger partial charge in [0.2, 0.25) is 5.91 Å². The lowest BCUT2D eigenvalue weighted by Gasteiger charge is -2.19. The molecule has 0 atom stereocenters. The van der Waals surface area contributed by atoms with Crippen LogP contribution < -0.4 is 5.32 Å². The van der Waals surface area contributed by atoms with Crippen molar-refractivity contribution in [1.82, 2.24) is 9.78 Å². The Hall–Kier alpha value is -2.82. The van der Waals surface area contributed by atoms with E-state index >= 15 is 0 Å². The number of aryl methyl sites for hydroxylation is 1. The van der Waals surface area contributed by atoms with Crippen LogP contribution in [0.3, 0.4) is 0 Å². The van der Waals surface area contributed by atoms with Gasteiger partial charge in [-0.25, -0.2) is 0 Å². The molecule has 1 amide bonds. The molecule has 31 heavy (non-hydrogen) atoms. The molecule has 0 fully saturated rings. The van der Waals surface area contributed by atoms with Crippen molar-refractivity contribution in [1.29, 1.82) is 0 Å². The van der Waals surface area contributed by atoms with E-state index in [9.17, 15) is 31.1 Å². The molecule has 3 rings (SSSR count). The minimum Gasteiger partial charge on any atom is -0.308 e. The Morgan fingerprint density at radius 2 is 1.32 bits per heavy atom. The maximum absolute atomic E-state index is 13.0. The first-order chi connectivity index (χ1) is 14.4. The van der Waals surface area contributed by atoms with Crippen LogP contribution >= 0.6 is 15.9 Å². The van der Waals surface area contributed by atoms with E-state index in [1.54, 1.807) is 7.05 Å². The summed E-state index contributed by atoms with van der Waals surface area (Å²) in [4.78, 5) is 13.0. The van der Waals surface area contributed by atoms with Gasteiger partial charge in [-0.3, -0.25) is 9.48 Å². The van der Waals surface area contributed by atoms with Crippen molar-refractivity contribution >= 4 is 27.7 Å². The zero-order chi connectivity index (χ0) is 23.0. The van der Waals surface area contributed by atoms with E-state index in [2.05, 4.69) is 26.3 Å². The summed E-state index contributed by atoms with van der Waals surface area (Å²) in [6.45, 7) is 0. The van der Waals surface area contributed by atoms with Crippen LogP contribution in [-0.2, 0) is 24.2 Å². The average molecular weight is 506 g/mol. The van der Waals surface area contributed by atoms with Gasteiger partial charge in [-0.1, -0.05) is 24.3 Å². The minimum atomic E-state index is -4.56. The molecular weight excluding hydrogens is 492 g/mol. The Morgan fingerprint density at radius 3 is 1.65 bits per heavy atom. The molecule has 0 saturated heterocycles. The summed E-state index contributed by atoms with van der Waals surface area (Å²) < 4.78 is 79.3. The third-order valence-electron chi connectivity index (χ3n) is 4.48. The number of hydrogen-bond donors (Lipinski definition) is 1. The number of carbonyl (C=O) groups is 1. The monoisotopic (exact) mass is 505 g/mol. The van der Waals surface area contributed by atoms with Crippen LogP contribution in [-0.4, -0.2) is 15.7 Å². The van der Waals surface area contributed by atoms with Crippen molar-refractivity contribution in [3.05, 3.63) is 81.5 Å². The summed E-state index contributed by atoms with van der Waals surface area (Å²) in [5.74, 6) is -1.65. The molecule has 1 aromatic heterocycles. The molecular formula is C20H14BrF6N3O. The van der Waals surface area contributed by atoms with E-state index in [1.165, 1.54) is 10.7 Å². The fourth-order valence-corrected chi connectivity index (χ4v) is 3.22. The van der Waals surface area contributed by atoms with Gasteiger partial charge in [0.05, 0.1) is 17.0 Å². The third kappa shape index (κ3) is 5.27. The predicted octanol–water partition coefficient (Wildman–Crippen LogP) is 5.99. The summed E-state index contributed by atoms with van der Waals surface area (Å²) in [5, 5.41) is 6.60. The van der Waals surface area contributed by atoms with E-state index in [4.69, 9.17) is 0 Å². The van der Waals surface area contributed by atoms with Gasteiger partial charge in [0.1, 0.15) is 4.60 Å². The molecule has 0 aliphatic rings. The Labute approximate surface area is 181 Å². The molecule has 11 heteroatoms. The van der Waals surface area contributed by atoms with E-state index < -0.39 is 35.3 Å². The van der Waals surface area contributed by atoms with Crippen molar-refractivity contribution < 1.29 is 31.1 Å². The number of anilines is 1. The normalized spacial score (nSPS) is 12.3. The largest absolute Gasteiger partial charge is 0.416 e. The summed E-state index contributed by atoms with van der Waals surface area (Å²) >= 11 is 3.22. The van der Waals surface area contributed by atoms with Gasteiger partial charge in [-0.05, 0) is 51.3 Å². The number of halogens is 7. The molecule has 0 radical (unpaired) electrons. The first kappa shape index (κ1) is 22.9. The highest BCUT2D eigenvalue weighted by atomic mass is 79.9. The summed E-state index contributed by atoms with van der Waals surface area (Å²) in [6, 6.07) is 9.27. The Kier molecular flexibility index (Phi) is 6.17. The van der Waals surface area contributed by atoms with E-state index in [1.807, 2.05) is 0 Å². The summed E-state index contributed by atoms with van der Waals surface area (Å²) in [6.07, 6.45) is -9.13. The summed E-state index contributed by atoms with van der Waals surface area (Å²) in [7, 11) is 1.61. The van der Waals surface area contributed by atoms with Crippen LogP contribution in [0.2, 0.25) is 0 Å². The first-order valence-electron chi connectivity index (χ1n) is 8.71. The molecule has 1 N–H and O–H groups in total. The highest BCUT2D eigenvalue weighted by molar-refractivity contribution is 9.10. The van der Waals surface area contributed by atoms with Crippen molar-refractivity contribution in [2.24, 2.45) is 7.05 Å². The van der Waals surface area contributed by atoms with E-state index in [0.29, 0.717) is 4.60 Å². The lowest BCUT2D eigenvalue weighted by molar-refractivity contribution is -0.138.